The van der Waals surface area contributed by atoms with Gasteiger partial charge in [0.15, 0.2) is 0 Å². The predicted molar refractivity (Wildman–Crippen MR) is 128 cm³/mol. The van der Waals surface area contributed by atoms with E-state index in [1.807, 2.05) is 52.0 Å². The average molecular weight is 453 g/mol. The van der Waals surface area contributed by atoms with Gasteiger partial charge in [0.05, 0.1) is 21.7 Å². The fraction of sp³-hybridized carbons (Fsp3) is 0.320. The van der Waals surface area contributed by atoms with Gasteiger partial charge in [0.2, 0.25) is 5.91 Å². The van der Waals surface area contributed by atoms with Gasteiger partial charge in [-0.25, -0.2) is 8.42 Å². The molecule has 0 atom stereocenters. The van der Waals surface area contributed by atoms with E-state index in [1.54, 1.807) is 41.3 Å². The molecule has 0 saturated heterocycles. The Morgan fingerprint density at radius 1 is 1.06 bits per heavy atom. The van der Waals surface area contributed by atoms with E-state index in [-0.39, 0.29) is 23.3 Å². The van der Waals surface area contributed by atoms with Gasteiger partial charge in [-0.15, -0.1) is 0 Å². The lowest BCUT2D eigenvalue weighted by Crippen LogP contribution is -2.43. The molecule has 1 N–H and O–H groups in total. The van der Waals surface area contributed by atoms with Gasteiger partial charge in [-0.3, -0.25) is 9.52 Å². The van der Waals surface area contributed by atoms with Gasteiger partial charge in [0, 0.05) is 11.9 Å². The SMILES string of the molecule is CC(C)CN1C(=O)C(C)(C)COc2ccc(NS(=O)(=O)c3cccc4ccccc34)cc21. The highest BCUT2D eigenvalue weighted by molar-refractivity contribution is 7.93. The molecule has 0 saturated carbocycles. The Labute approximate surface area is 189 Å². The number of ether oxygens (including phenoxy) is 1. The van der Waals surface area contributed by atoms with Crippen LogP contribution in [0.5, 0.6) is 5.75 Å². The molecule has 6 nitrogen and oxygen atoms in total. The van der Waals surface area contributed by atoms with Crippen molar-refractivity contribution in [3.8, 4) is 5.75 Å². The van der Waals surface area contributed by atoms with Crippen LogP contribution in [-0.4, -0.2) is 27.5 Å². The highest BCUT2D eigenvalue weighted by atomic mass is 32.2. The number of benzene rings is 3. The van der Waals surface area contributed by atoms with E-state index in [1.165, 1.54) is 0 Å². The van der Waals surface area contributed by atoms with E-state index in [0.29, 0.717) is 29.1 Å². The molecule has 0 aliphatic carbocycles. The third-order valence-corrected chi connectivity index (χ3v) is 6.94. The average Bonchev–Trinajstić information content (AvgIpc) is 2.83. The number of hydrogen-bond acceptors (Lipinski definition) is 4. The van der Waals surface area contributed by atoms with E-state index in [2.05, 4.69) is 4.72 Å². The van der Waals surface area contributed by atoms with Gasteiger partial charge in [0.1, 0.15) is 12.4 Å². The topological polar surface area (TPSA) is 75.7 Å². The van der Waals surface area contributed by atoms with E-state index in [9.17, 15) is 13.2 Å². The summed E-state index contributed by atoms with van der Waals surface area (Å²) >= 11 is 0. The van der Waals surface area contributed by atoms with Crippen LogP contribution in [0.1, 0.15) is 27.7 Å². The van der Waals surface area contributed by atoms with Crippen molar-refractivity contribution in [2.75, 3.05) is 22.8 Å². The van der Waals surface area contributed by atoms with Crippen LogP contribution < -0.4 is 14.4 Å². The molecule has 3 aromatic carbocycles. The monoisotopic (exact) mass is 452 g/mol. The molecule has 0 spiro atoms. The lowest BCUT2D eigenvalue weighted by Gasteiger charge is -2.29. The minimum absolute atomic E-state index is 0.0426. The van der Waals surface area contributed by atoms with Crippen molar-refractivity contribution in [1.29, 1.82) is 0 Å². The first-order chi connectivity index (χ1) is 15.1. The number of nitrogens with one attached hydrogen (secondary N) is 1. The predicted octanol–water partition coefficient (Wildman–Crippen LogP) is 5.05. The fourth-order valence-corrected chi connectivity index (χ4v) is 5.18. The Kier molecular flexibility index (Phi) is 5.63. The van der Waals surface area contributed by atoms with Gasteiger partial charge in [-0.05, 0) is 49.4 Å². The molecule has 0 bridgehead atoms. The van der Waals surface area contributed by atoms with Crippen LogP contribution in [0.3, 0.4) is 0 Å². The lowest BCUT2D eigenvalue weighted by molar-refractivity contribution is -0.127. The zero-order valence-electron chi connectivity index (χ0n) is 18.8. The van der Waals surface area contributed by atoms with E-state index >= 15 is 0 Å². The number of fused-ring (bicyclic) bond motifs is 2. The summed E-state index contributed by atoms with van der Waals surface area (Å²) in [6, 6.07) is 17.6. The second-order valence-electron chi connectivity index (χ2n) is 9.25. The summed E-state index contributed by atoms with van der Waals surface area (Å²) in [5, 5.41) is 1.50. The molecule has 1 heterocycles. The standard InChI is InChI=1S/C25H28N2O4S/c1-17(2)15-27-21-14-19(12-13-22(21)31-16-25(3,4)24(27)28)26-32(29,30)23-11-7-9-18-8-5-6-10-20(18)23/h5-14,17,26H,15-16H2,1-4H3. The molecule has 1 amide bonds. The van der Waals surface area contributed by atoms with Crippen molar-refractivity contribution < 1.29 is 17.9 Å². The van der Waals surface area contributed by atoms with Crippen LogP contribution >= 0.6 is 0 Å². The molecule has 0 fully saturated rings. The molecule has 168 valence electrons. The maximum absolute atomic E-state index is 13.3. The van der Waals surface area contributed by atoms with Gasteiger partial charge in [0.25, 0.3) is 10.0 Å². The first-order valence-electron chi connectivity index (χ1n) is 10.7. The molecule has 32 heavy (non-hydrogen) atoms. The third-order valence-electron chi connectivity index (χ3n) is 5.50. The molecule has 0 radical (unpaired) electrons. The van der Waals surface area contributed by atoms with Crippen molar-refractivity contribution >= 4 is 38.1 Å². The number of rotatable bonds is 5. The highest BCUT2D eigenvalue weighted by Crippen LogP contribution is 2.39. The van der Waals surface area contributed by atoms with E-state index in [4.69, 9.17) is 4.74 Å². The van der Waals surface area contributed by atoms with Crippen molar-refractivity contribution in [3.63, 3.8) is 0 Å². The Balaban J connectivity index is 1.74. The normalized spacial score (nSPS) is 15.9. The molecule has 7 heteroatoms. The quantitative estimate of drug-likeness (QED) is 0.588. The first kappa shape index (κ1) is 22.1. The smallest absolute Gasteiger partial charge is 0.262 e. The lowest BCUT2D eigenvalue weighted by atomic mass is 9.92. The summed E-state index contributed by atoms with van der Waals surface area (Å²) < 4.78 is 35.1. The maximum atomic E-state index is 13.3. The van der Waals surface area contributed by atoms with Crippen LogP contribution in [0.2, 0.25) is 0 Å². The van der Waals surface area contributed by atoms with Crippen molar-refractivity contribution in [3.05, 3.63) is 60.7 Å². The summed E-state index contributed by atoms with van der Waals surface area (Å²) in [4.78, 5) is 15.2. The maximum Gasteiger partial charge on any atom is 0.262 e. The van der Waals surface area contributed by atoms with Gasteiger partial charge in [-0.2, -0.15) is 0 Å². The summed E-state index contributed by atoms with van der Waals surface area (Å²) in [7, 11) is -3.85. The molecular weight excluding hydrogens is 424 g/mol. The van der Waals surface area contributed by atoms with Gasteiger partial charge in [-0.1, -0.05) is 50.2 Å². The largest absolute Gasteiger partial charge is 0.490 e. The number of carbonyl (C=O) groups is 1. The van der Waals surface area contributed by atoms with Crippen LogP contribution in [0.15, 0.2) is 65.6 Å². The van der Waals surface area contributed by atoms with E-state index in [0.717, 1.165) is 5.39 Å². The van der Waals surface area contributed by atoms with Crippen LogP contribution in [0.25, 0.3) is 10.8 Å². The molecule has 4 rings (SSSR count). The van der Waals surface area contributed by atoms with Crippen molar-refractivity contribution in [2.45, 2.75) is 32.6 Å². The zero-order chi connectivity index (χ0) is 23.1. The Morgan fingerprint density at radius 3 is 2.53 bits per heavy atom. The minimum atomic E-state index is -3.85. The third kappa shape index (κ3) is 4.17. The molecular formula is C25H28N2O4S. The second-order valence-corrected chi connectivity index (χ2v) is 10.9. The number of carbonyl (C=O) groups excluding carboxylic acids is 1. The molecule has 1 aliphatic heterocycles. The van der Waals surface area contributed by atoms with Gasteiger partial charge < -0.3 is 9.64 Å². The van der Waals surface area contributed by atoms with Crippen molar-refractivity contribution in [2.24, 2.45) is 11.3 Å². The first-order valence-corrected chi connectivity index (χ1v) is 12.2. The van der Waals surface area contributed by atoms with E-state index < -0.39 is 15.4 Å². The number of nitrogens with zero attached hydrogens (tertiary/aromatic N) is 1. The second kappa shape index (κ2) is 8.13. The van der Waals surface area contributed by atoms with Crippen LogP contribution in [0, 0.1) is 11.3 Å². The zero-order valence-corrected chi connectivity index (χ0v) is 19.6. The summed E-state index contributed by atoms with van der Waals surface area (Å²) in [6.07, 6.45) is 0. The minimum Gasteiger partial charge on any atom is -0.490 e. The Bertz CT molecular complexity index is 1280. The van der Waals surface area contributed by atoms with Crippen LogP contribution in [0.4, 0.5) is 11.4 Å². The summed E-state index contributed by atoms with van der Waals surface area (Å²) in [5.74, 6) is 0.758. The number of hydrogen-bond donors (Lipinski definition) is 1. The number of anilines is 2. The molecule has 0 unspecified atom stereocenters. The molecule has 1 aliphatic rings. The Morgan fingerprint density at radius 2 is 1.78 bits per heavy atom. The Hall–Kier alpha value is -3.06. The summed E-state index contributed by atoms with van der Waals surface area (Å²) in [5.41, 5.74) is 0.269. The number of amides is 1. The number of sulfonamides is 1. The highest BCUT2D eigenvalue weighted by Gasteiger charge is 2.38. The molecule has 0 aromatic heterocycles. The fourth-order valence-electron chi connectivity index (χ4n) is 3.90. The van der Waals surface area contributed by atoms with Crippen molar-refractivity contribution in [1.82, 2.24) is 0 Å². The molecule has 3 aromatic rings. The van der Waals surface area contributed by atoms with Gasteiger partial charge >= 0.3 is 0 Å². The summed E-state index contributed by atoms with van der Waals surface area (Å²) in [6.45, 7) is 8.57. The van der Waals surface area contributed by atoms with Crippen LogP contribution in [-0.2, 0) is 14.8 Å².